The van der Waals surface area contributed by atoms with Crippen LogP contribution in [0.2, 0.25) is 0 Å². The van der Waals surface area contributed by atoms with E-state index in [1.807, 2.05) is 24.4 Å². The van der Waals surface area contributed by atoms with Gasteiger partial charge in [0.25, 0.3) is 0 Å². The second kappa shape index (κ2) is 2.27. The molecule has 0 spiro atoms. The summed E-state index contributed by atoms with van der Waals surface area (Å²) >= 11 is 0. The molecule has 0 aliphatic carbocycles. The molecule has 0 fully saturated rings. The predicted octanol–water partition coefficient (Wildman–Crippen LogP) is 2.58. The average molecular weight is 143 g/mol. The summed E-state index contributed by atoms with van der Waals surface area (Å²) in [7, 11) is 0. The smallest absolute Gasteiger partial charge is 0.0456 e. The Morgan fingerprint density at radius 3 is 3.00 bits per heavy atom. The molecule has 11 heavy (non-hydrogen) atoms. The van der Waals surface area contributed by atoms with Crippen molar-refractivity contribution in [1.82, 2.24) is 4.40 Å². The standard InChI is InChI=1S/C10H9N/c1-2-9-7-10-5-3-4-6-11(10)8-9/h2-8H,1H2. The third-order valence-electron chi connectivity index (χ3n) is 1.76. The summed E-state index contributed by atoms with van der Waals surface area (Å²) in [6.45, 7) is 3.71. The molecule has 2 rings (SSSR count). The van der Waals surface area contributed by atoms with E-state index >= 15 is 0 Å². The van der Waals surface area contributed by atoms with Crippen molar-refractivity contribution in [2.45, 2.75) is 0 Å². The van der Waals surface area contributed by atoms with Gasteiger partial charge in [0, 0.05) is 17.9 Å². The molecule has 54 valence electrons. The summed E-state index contributed by atoms with van der Waals surface area (Å²) in [5, 5.41) is 0. The second-order valence-corrected chi connectivity index (χ2v) is 2.51. The Labute approximate surface area is 65.6 Å². The maximum atomic E-state index is 3.71. The summed E-state index contributed by atoms with van der Waals surface area (Å²) in [4.78, 5) is 0. The van der Waals surface area contributed by atoms with Crippen LogP contribution in [0.4, 0.5) is 0 Å². The molecule has 0 N–H and O–H groups in total. The number of rotatable bonds is 1. The van der Waals surface area contributed by atoms with E-state index in [4.69, 9.17) is 0 Å². The molecule has 1 heteroatoms. The largest absolute Gasteiger partial charge is 0.323 e. The van der Waals surface area contributed by atoms with E-state index < -0.39 is 0 Å². The minimum Gasteiger partial charge on any atom is -0.323 e. The van der Waals surface area contributed by atoms with Gasteiger partial charge in [-0.2, -0.15) is 0 Å². The van der Waals surface area contributed by atoms with E-state index in [1.54, 1.807) is 0 Å². The van der Waals surface area contributed by atoms with Crippen LogP contribution in [0.1, 0.15) is 5.56 Å². The lowest BCUT2D eigenvalue weighted by Crippen LogP contribution is -1.76. The van der Waals surface area contributed by atoms with Gasteiger partial charge in [0.1, 0.15) is 0 Å². The first-order valence-corrected chi connectivity index (χ1v) is 3.59. The van der Waals surface area contributed by atoms with Gasteiger partial charge in [-0.25, -0.2) is 0 Å². The molecule has 0 radical (unpaired) electrons. The van der Waals surface area contributed by atoms with Gasteiger partial charge in [-0.05, 0) is 23.8 Å². The van der Waals surface area contributed by atoms with Crippen molar-refractivity contribution < 1.29 is 0 Å². The van der Waals surface area contributed by atoms with Crippen molar-refractivity contribution in [3.05, 3.63) is 48.8 Å². The highest BCUT2D eigenvalue weighted by atomic mass is 14.8. The molecule has 2 aromatic rings. The fourth-order valence-electron chi connectivity index (χ4n) is 1.19. The van der Waals surface area contributed by atoms with Gasteiger partial charge in [-0.15, -0.1) is 0 Å². The Morgan fingerprint density at radius 2 is 2.27 bits per heavy atom. The fraction of sp³-hybridized carbons (Fsp3) is 0. The van der Waals surface area contributed by atoms with Crippen LogP contribution >= 0.6 is 0 Å². The lowest BCUT2D eigenvalue weighted by molar-refractivity contribution is 1.20. The van der Waals surface area contributed by atoms with Crippen LogP contribution in [0.5, 0.6) is 0 Å². The number of aromatic nitrogens is 1. The third kappa shape index (κ3) is 0.944. The molecule has 0 aliphatic heterocycles. The van der Waals surface area contributed by atoms with Crippen LogP contribution in [0, 0.1) is 0 Å². The van der Waals surface area contributed by atoms with Crippen molar-refractivity contribution in [3.8, 4) is 0 Å². The summed E-state index contributed by atoms with van der Waals surface area (Å²) in [6.07, 6.45) is 5.94. The molecule has 0 saturated heterocycles. The van der Waals surface area contributed by atoms with E-state index in [2.05, 4.69) is 29.3 Å². The third-order valence-corrected chi connectivity index (χ3v) is 1.76. The number of pyridine rings is 1. The molecule has 0 bridgehead atoms. The van der Waals surface area contributed by atoms with Gasteiger partial charge >= 0.3 is 0 Å². The molecule has 2 aromatic heterocycles. The van der Waals surface area contributed by atoms with E-state index in [1.165, 1.54) is 5.52 Å². The number of hydrogen-bond acceptors (Lipinski definition) is 0. The van der Waals surface area contributed by atoms with Crippen LogP contribution in [0.15, 0.2) is 43.2 Å². The minimum absolute atomic E-state index is 1.16. The molecular formula is C10H9N. The van der Waals surface area contributed by atoms with Gasteiger partial charge in [0.05, 0.1) is 0 Å². The van der Waals surface area contributed by atoms with Crippen LogP contribution in [0.3, 0.4) is 0 Å². The van der Waals surface area contributed by atoms with Crippen molar-refractivity contribution in [3.63, 3.8) is 0 Å². The highest BCUT2D eigenvalue weighted by molar-refractivity contribution is 5.59. The Morgan fingerprint density at radius 1 is 1.36 bits per heavy atom. The molecule has 0 aromatic carbocycles. The lowest BCUT2D eigenvalue weighted by atomic mass is 10.3. The zero-order chi connectivity index (χ0) is 7.68. The van der Waals surface area contributed by atoms with E-state index in [-0.39, 0.29) is 0 Å². The van der Waals surface area contributed by atoms with Crippen molar-refractivity contribution in [1.29, 1.82) is 0 Å². The first-order chi connectivity index (χ1) is 5.40. The Hall–Kier alpha value is -1.50. The van der Waals surface area contributed by atoms with Crippen LogP contribution in [0.25, 0.3) is 11.6 Å². The average Bonchev–Trinajstić information content (AvgIpc) is 2.46. The highest BCUT2D eigenvalue weighted by Crippen LogP contribution is 2.09. The monoisotopic (exact) mass is 143 g/mol. The molecule has 0 aliphatic rings. The van der Waals surface area contributed by atoms with E-state index in [9.17, 15) is 0 Å². The predicted molar refractivity (Wildman–Crippen MR) is 47.5 cm³/mol. The second-order valence-electron chi connectivity index (χ2n) is 2.51. The number of nitrogens with zero attached hydrogens (tertiary/aromatic N) is 1. The molecule has 2 heterocycles. The summed E-state index contributed by atoms with van der Waals surface area (Å²) in [5.74, 6) is 0. The summed E-state index contributed by atoms with van der Waals surface area (Å²) in [5.41, 5.74) is 2.37. The summed E-state index contributed by atoms with van der Waals surface area (Å²) in [6, 6.07) is 8.22. The molecule has 0 amide bonds. The molecule has 0 saturated carbocycles. The topological polar surface area (TPSA) is 4.41 Å². The lowest BCUT2D eigenvalue weighted by Gasteiger charge is -1.88. The summed E-state index contributed by atoms with van der Waals surface area (Å²) < 4.78 is 2.08. The molecular weight excluding hydrogens is 134 g/mol. The van der Waals surface area contributed by atoms with Crippen molar-refractivity contribution in [2.75, 3.05) is 0 Å². The maximum absolute atomic E-state index is 3.71. The highest BCUT2D eigenvalue weighted by Gasteiger charge is 1.92. The van der Waals surface area contributed by atoms with Gasteiger partial charge in [-0.3, -0.25) is 0 Å². The zero-order valence-electron chi connectivity index (χ0n) is 6.20. The molecule has 0 unspecified atom stereocenters. The zero-order valence-corrected chi connectivity index (χ0v) is 6.20. The van der Waals surface area contributed by atoms with Gasteiger partial charge in [-0.1, -0.05) is 18.7 Å². The first-order valence-electron chi connectivity index (χ1n) is 3.59. The number of hydrogen-bond donors (Lipinski definition) is 0. The van der Waals surface area contributed by atoms with Gasteiger partial charge < -0.3 is 4.40 Å². The van der Waals surface area contributed by atoms with Gasteiger partial charge in [0.2, 0.25) is 0 Å². The number of fused-ring (bicyclic) bond motifs is 1. The minimum atomic E-state index is 1.16. The van der Waals surface area contributed by atoms with Crippen LogP contribution in [-0.2, 0) is 0 Å². The normalized spacial score (nSPS) is 10.2. The van der Waals surface area contributed by atoms with Crippen molar-refractivity contribution in [2.24, 2.45) is 0 Å². The van der Waals surface area contributed by atoms with Crippen molar-refractivity contribution >= 4 is 11.6 Å². The van der Waals surface area contributed by atoms with Gasteiger partial charge in [0.15, 0.2) is 0 Å². The molecule has 0 atom stereocenters. The Kier molecular flexibility index (Phi) is 1.29. The first kappa shape index (κ1) is 6.23. The van der Waals surface area contributed by atoms with E-state index in [0.29, 0.717) is 0 Å². The Bertz CT molecular complexity index is 351. The van der Waals surface area contributed by atoms with E-state index in [0.717, 1.165) is 5.56 Å². The molecule has 1 nitrogen and oxygen atoms in total. The maximum Gasteiger partial charge on any atom is 0.0456 e. The SMILES string of the molecule is C=Cc1cc2ccccn2c1. The Balaban J connectivity index is 2.78. The van der Waals surface area contributed by atoms with Crippen LogP contribution < -0.4 is 0 Å². The quantitative estimate of drug-likeness (QED) is 0.578. The van der Waals surface area contributed by atoms with Crippen LogP contribution in [-0.4, -0.2) is 4.40 Å². The fourth-order valence-corrected chi connectivity index (χ4v) is 1.19.